The topological polar surface area (TPSA) is 56.7 Å². The Morgan fingerprint density at radius 2 is 2.05 bits per heavy atom. The van der Waals surface area contributed by atoms with Gasteiger partial charge in [-0.3, -0.25) is 0 Å². The van der Waals surface area contributed by atoms with Gasteiger partial charge in [-0.25, -0.2) is 9.97 Å². The van der Waals surface area contributed by atoms with Gasteiger partial charge in [0.25, 0.3) is 0 Å². The van der Waals surface area contributed by atoms with Crippen molar-refractivity contribution in [2.45, 2.75) is 19.9 Å². The van der Waals surface area contributed by atoms with E-state index in [1.54, 1.807) is 12.3 Å². The molecule has 20 heavy (non-hydrogen) atoms. The Bertz CT molecular complexity index is 756. The van der Waals surface area contributed by atoms with E-state index in [0.29, 0.717) is 10.7 Å². The van der Waals surface area contributed by atoms with E-state index >= 15 is 0 Å². The second-order valence-electron chi connectivity index (χ2n) is 5.02. The number of nitrogens with two attached hydrogens (primary N) is 1. The van der Waals surface area contributed by atoms with Crippen molar-refractivity contribution in [2.75, 3.05) is 5.73 Å². The lowest BCUT2D eigenvalue weighted by molar-refractivity contribution is 0.620. The van der Waals surface area contributed by atoms with Crippen LogP contribution in [0.2, 0.25) is 5.02 Å². The summed E-state index contributed by atoms with van der Waals surface area (Å²) in [6, 6.07) is 9.56. The summed E-state index contributed by atoms with van der Waals surface area (Å²) in [5.41, 5.74) is 9.15. The molecule has 0 unspecified atom stereocenters. The van der Waals surface area contributed by atoms with Crippen molar-refractivity contribution in [3.8, 4) is 11.4 Å². The van der Waals surface area contributed by atoms with Crippen molar-refractivity contribution in [3.63, 3.8) is 0 Å². The first-order valence-electron chi connectivity index (χ1n) is 6.45. The summed E-state index contributed by atoms with van der Waals surface area (Å²) in [5.74, 6) is 0.836. The van der Waals surface area contributed by atoms with E-state index in [1.807, 2.05) is 24.3 Å². The highest BCUT2D eigenvalue weighted by atomic mass is 35.5. The third kappa shape index (κ3) is 2.12. The van der Waals surface area contributed by atoms with Gasteiger partial charge in [0.05, 0.1) is 0 Å². The van der Waals surface area contributed by atoms with Gasteiger partial charge in [0.2, 0.25) is 0 Å². The molecule has 2 heterocycles. The van der Waals surface area contributed by atoms with Crippen LogP contribution in [0.15, 0.2) is 36.5 Å². The van der Waals surface area contributed by atoms with Crippen LogP contribution >= 0.6 is 11.6 Å². The second kappa shape index (κ2) is 4.80. The first-order chi connectivity index (χ1) is 9.56. The number of nitrogens with zero attached hydrogens (tertiary/aromatic N) is 3. The van der Waals surface area contributed by atoms with E-state index in [2.05, 4.69) is 28.4 Å². The maximum atomic E-state index is 6.10. The van der Waals surface area contributed by atoms with Crippen LogP contribution in [0.1, 0.15) is 19.9 Å². The molecule has 0 aliphatic carbocycles. The van der Waals surface area contributed by atoms with Crippen LogP contribution in [0.25, 0.3) is 22.6 Å². The first-order valence-corrected chi connectivity index (χ1v) is 6.83. The van der Waals surface area contributed by atoms with Gasteiger partial charge in [0, 0.05) is 28.5 Å². The zero-order valence-electron chi connectivity index (χ0n) is 11.3. The number of imidazole rings is 1. The average molecular weight is 287 g/mol. The SMILES string of the molecule is CC(C)n1c(-c2cc(N)cc(Cl)c2)nc2cccnc21. The fourth-order valence-corrected chi connectivity index (χ4v) is 2.61. The molecule has 0 amide bonds. The highest BCUT2D eigenvalue weighted by Crippen LogP contribution is 2.30. The Labute approximate surface area is 122 Å². The molecule has 2 aromatic heterocycles. The number of hydrogen-bond acceptors (Lipinski definition) is 3. The first kappa shape index (κ1) is 12.9. The lowest BCUT2D eigenvalue weighted by atomic mass is 10.2. The summed E-state index contributed by atoms with van der Waals surface area (Å²) in [5, 5.41) is 0.607. The molecule has 5 heteroatoms. The van der Waals surface area contributed by atoms with Gasteiger partial charge in [0.1, 0.15) is 11.3 Å². The van der Waals surface area contributed by atoms with E-state index in [-0.39, 0.29) is 6.04 Å². The molecule has 0 spiro atoms. The molecule has 0 aliphatic rings. The molecule has 0 saturated carbocycles. The van der Waals surface area contributed by atoms with Crippen LogP contribution in [0.3, 0.4) is 0 Å². The van der Waals surface area contributed by atoms with Gasteiger partial charge >= 0.3 is 0 Å². The largest absolute Gasteiger partial charge is 0.399 e. The number of pyridine rings is 1. The van der Waals surface area contributed by atoms with E-state index in [9.17, 15) is 0 Å². The Morgan fingerprint density at radius 3 is 2.75 bits per heavy atom. The molecule has 0 aliphatic heterocycles. The number of fused-ring (bicyclic) bond motifs is 1. The van der Waals surface area contributed by atoms with Crippen molar-refractivity contribution >= 4 is 28.5 Å². The third-order valence-corrected chi connectivity index (χ3v) is 3.36. The highest BCUT2D eigenvalue weighted by Gasteiger charge is 2.16. The minimum atomic E-state index is 0.241. The van der Waals surface area contributed by atoms with Crippen LogP contribution in [-0.4, -0.2) is 14.5 Å². The normalized spacial score (nSPS) is 11.4. The molecule has 0 atom stereocenters. The number of hydrogen-bond donors (Lipinski definition) is 1. The second-order valence-corrected chi connectivity index (χ2v) is 5.45. The Balaban J connectivity index is 2.32. The fraction of sp³-hybridized carbons (Fsp3) is 0.200. The summed E-state index contributed by atoms with van der Waals surface area (Å²) in [6.07, 6.45) is 1.78. The van der Waals surface area contributed by atoms with E-state index in [0.717, 1.165) is 22.6 Å². The summed E-state index contributed by atoms with van der Waals surface area (Å²) in [7, 11) is 0. The molecule has 3 aromatic rings. The van der Waals surface area contributed by atoms with Gasteiger partial charge < -0.3 is 10.3 Å². The smallest absolute Gasteiger partial charge is 0.160 e. The standard InChI is InChI=1S/C15H15ClN4/c1-9(2)20-14(10-6-11(16)8-12(17)7-10)19-13-4-3-5-18-15(13)20/h3-9H,17H2,1-2H3. The van der Waals surface area contributed by atoms with Crippen LogP contribution in [0.5, 0.6) is 0 Å². The quantitative estimate of drug-likeness (QED) is 0.727. The van der Waals surface area contributed by atoms with Crippen LogP contribution in [-0.2, 0) is 0 Å². The molecule has 2 N–H and O–H groups in total. The van der Waals surface area contributed by atoms with Gasteiger partial charge in [0.15, 0.2) is 5.65 Å². The third-order valence-electron chi connectivity index (χ3n) is 3.14. The molecule has 3 rings (SSSR count). The average Bonchev–Trinajstić information content (AvgIpc) is 2.76. The fourth-order valence-electron chi connectivity index (χ4n) is 2.36. The van der Waals surface area contributed by atoms with E-state index in [4.69, 9.17) is 17.3 Å². The van der Waals surface area contributed by atoms with Crippen LogP contribution in [0, 0.1) is 0 Å². The molecule has 0 fully saturated rings. The van der Waals surface area contributed by atoms with Gasteiger partial charge in [-0.2, -0.15) is 0 Å². The molecule has 1 aromatic carbocycles. The number of halogens is 1. The van der Waals surface area contributed by atoms with Crippen molar-refractivity contribution in [3.05, 3.63) is 41.6 Å². The Hall–Kier alpha value is -2.07. The van der Waals surface area contributed by atoms with Gasteiger partial charge in [-0.05, 0) is 44.2 Å². The predicted molar refractivity (Wildman–Crippen MR) is 82.8 cm³/mol. The molecule has 0 saturated heterocycles. The molecule has 0 bridgehead atoms. The van der Waals surface area contributed by atoms with Crippen molar-refractivity contribution in [1.29, 1.82) is 0 Å². The number of rotatable bonds is 2. The summed E-state index contributed by atoms with van der Waals surface area (Å²) in [6.45, 7) is 4.21. The van der Waals surface area contributed by atoms with Crippen molar-refractivity contribution in [2.24, 2.45) is 0 Å². The number of nitrogen functional groups attached to an aromatic ring is 1. The highest BCUT2D eigenvalue weighted by molar-refractivity contribution is 6.31. The number of benzene rings is 1. The summed E-state index contributed by atoms with van der Waals surface area (Å²) < 4.78 is 2.10. The van der Waals surface area contributed by atoms with Gasteiger partial charge in [-0.15, -0.1) is 0 Å². The molecule has 4 nitrogen and oxygen atoms in total. The van der Waals surface area contributed by atoms with Gasteiger partial charge in [-0.1, -0.05) is 11.6 Å². The molecular formula is C15H15ClN4. The van der Waals surface area contributed by atoms with Crippen molar-refractivity contribution in [1.82, 2.24) is 14.5 Å². The summed E-state index contributed by atoms with van der Waals surface area (Å²) >= 11 is 6.10. The molecule has 102 valence electrons. The minimum Gasteiger partial charge on any atom is -0.399 e. The number of aromatic nitrogens is 3. The Kier molecular flexibility index (Phi) is 3.10. The summed E-state index contributed by atoms with van der Waals surface area (Å²) in [4.78, 5) is 9.10. The molecule has 0 radical (unpaired) electrons. The minimum absolute atomic E-state index is 0.241. The number of anilines is 1. The maximum absolute atomic E-state index is 6.10. The predicted octanol–water partition coefficient (Wildman–Crippen LogP) is 3.91. The lowest BCUT2D eigenvalue weighted by Gasteiger charge is -2.12. The lowest BCUT2D eigenvalue weighted by Crippen LogP contribution is -2.04. The van der Waals surface area contributed by atoms with Crippen LogP contribution in [0.4, 0.5) is 5.69 Å². The van der Waals surface area contributed by atoms with Crippen molar-refractivity contribution < 1.29 is 0 Å². The van der Waals surface area contributed by atoms with Crippen LogP contribution < -0.4 is 5.73 Å². The zero-order chi connectivity index (χ0) is 14.3. The van der Waals surface area contributed by atoms with E-state index in [1.165, 1.54) is 0 Å². The molecular weight excluding hydrogens is 272 g/mol. The van der Waals surface area contributed by atoms with E-state index < -0.39 is 0 Å². The zero-order valence-corrected chi connectivity index (χ0v) is 12.1. The monoisotopic (exact) mass is 286 g/mol. The Morgan fingerprint density at radius 1 is 1.25 bits per heavy atom. The maximum Gasteiger partial charge on any atom is 0.160 e.